The standard InChI is InChI=1S/C17H13F2N3O3/c18-12-4-5-15(19)14(9-12)16(23)10-21-7-6-20-17(21)11-2-1-3-13(8-11)22(24)25/h1-9,16,23H,10H2/t16-/m0/s1. The molecular formula is C17H13F2N3O3. The van der Waals surface area contributed by atoms with E-state index >= 15 is 0 Å². The Balaban J connectivity index is 1.91. The van der Waals surface area contributed by atoms with Crippen molar-refractivity contribution in [3.8, 4) is 11.4 Å². The summed E-state index contributed by atoms with van der Waals surface area (Å²) in [5.74, 6) is -0.995. The lowest BCUT2D eigenvalue weighted by Gasteiger charge is -2.15. The average Bonchev–Trinajstić information content (AvgIpc) is 3.05. The summed E-state index contributed by atoms with van der Waals surface area (Å²) in [6, 6.07) is 8.72. The average molecular weight is 345 g/mol. The van der Waals surface area contributed by atoms with Crippen LogP contribution in [-0.4, -0.2) is 19.6 Å². The maximum atomic E-state index is 13.8. The van der Waals surface area contributed by atoms with E-state index in [1.54, 1.807) is 12.3 Å². The SMILES string of the molecule is O=[N+]([O-])c1cccc(-c2nccn2C[C@H](O)c2cc(F)ccc2F)c1. The Morgan fingerprint density at radius 2 is 2.04 bits per heavy atom. The number of nitro benzene ring substituents is 1. The smallest absolute Gasteiger partial charge is 0.270 e. The number of halogens is 2. The van der Waals surface area contributed by atoms with Crippen LogP contribution in [0.15, 0.2) is 54.9 Å². The summed E-state index contributed by atoms with van der Waals surface area (Å²) in [5, 5.41) is 21.1. The van der Waals surface area contributed by atoms with E-state index in [-0.39, 0.29) is 17.8 Å². The molecule has 3 aromatic rings. The minimum absolute atomic E-state index is 0.0849. The predicted octanol–water partition coefficient (Wildman–Crippen LogP) is 3.47. The molecule has 0 amide bonds. The van der Waals surface area contributed by atoms with Crippen molar-refractivity contribution in [1.82, 2.24) is 9.55 Å². The van der Waals surface area contributed by atoms with Gasteiger partial charge in [0.1, 0.15) is 17.5 Å². The quantitative estimate of drug-likeness (QED) is 0.567. The van der Waals surface area contributed by atoms with Crippen LogP contribution in [0.1, 0.15) is 11.7 Å². The topological polar surface area (TPSA) is 81.2 Å². The van der Waals surface area contributed by atoms with Crippen LogP contribution >= 0.6 is 0 Å². The second-order valence-electron chi connectivity index (χ2n) is 5.39. The molecule has 0 aliphatic rings. The number of rotatable bonds is 5. The summed E-state index contributed by atoms with van der Waals surface area (Å²) >= 11 is 0. The number of nitrogens with zero attached hydrogens (tertiary/aromatic N) is 3. The third-order valence-electron chi connectivity index (χ3n) is 3.72. The molecule has 128 valence electrons. The van der Waals surface area contributed by atoms with Gasteiger partial charge in [0.25, 0.3) is 5.69 Å². The first-order valence-corrected chi connectivity index (χ1v) is 7.34. The van der Waals surface area contributed by atoms with Crippen molar-refractivity contribution in [3.05, 3.63) is 82.2 Å². The number of non-ortho nitro benzene ring substituents is 1. The van der Waals surface area contributed by atoms with E-state index in [0.717, 1.165) is 18.2 Å². The Morgan fingerprint density at radius 3 is 2.80 bits per heavy atom. The summed E-state index contributed by atoms with van der Waals surface area (Å²) in [6.45, 7) is -0.0849. The molecule has 1 heterocycles. The minimum atomic E-state index is -1.30. The fourth-order valence-electron chi connectivity index (χ4n) is 2.53. The zero-order valence-corrected chi connectivity index (χ0v) is 12.8. The molecule has 0 unspecified atom stereocenters. The van der Waals surface area contributed by atoms with E-state index in [1.807, 2.05) is 0 Å². The number of hydrogen-bond donors (Lipinski definition) is 1. The molecule has 0 radical (unpaired) electrons. The first-order chi connectivity index (χ1) is 12.0. The fraction of sp³-hybridized carbons (Fsp3) is 0.118. The number of benzene rings is 2. The van der Waals surface area contributed by atoms with Gasteiger partial charge >= 0.3 is 0 Å². The first-order valence-electron chi connectivity index (χ1n) is 7.34. The zero-order chi connectivity index (χ0) is 18.0. The maximum absolute atomic E-state index is 13.8. The van der Waals surface area contributed by atoms with Gasteiger partial charge in [-0.1, -0.05) is 12.1 Å². The maximum Gasteiger partial charge on any atom is 0.270 e. The van der Waals surface area contributed by atoms with Gasteiger partial charge in [-0.25, -0.2) is 13.8 Å². The Morgan fingerprint density at radius 1 is 1.24 bits per heavy atom. The lowest BCUT2D eigenvalue weighted by Crippen LogP contribution is -2.11. The highest BCUT2D eigenvalue weighted by Crippen LogP contribution is 2.25. The zero-order valence-electron chi connectivity index (χ0n) is 12.8. The number of hydrogen-bond acceptors (Lipinski definition) is 4. The summed E-state index contributed by atoms with van der Waals surface area (Å²) in [7, 11) is 0. The molecule has 6 nitrogen and oxygen atoms in total. The summed E-state index contributed by atoms with van der Waals surface area (Å²) in [5.41, 5.74) is 0.216. The van der Waals surface area contributed by atoms with Crippen molar-refractivity contribution in [2.24, 2.45) is 0 Å². The van der Waals surface area contributed by atoms with Gasteiger partial charge in [-0.05, 0) is 18.2 Å². The van der Waals surface area contributed by atoms with Gasteiger partial charge in [-0.3, -0.25) is 10.1 Å². The Bertz CT molecular complexity index is 927. The Hall–Kier alpha value is -3.13. The van der Waals surface area contributed by atoms with Gasteiger partial charge in [-0.15, -0.1) is 0 Å². The number of aromatic nitrogens is 2. The van der Waals surface area contributed by atoms with Crippen molar-refractivity contribution in [3.63, 3.8) is 0 Å². The number of aliphatic hydroxyl groups excluding tert-OH is 1. The van der Waals surface area contributed by atoms with E-state index in [2.05, 4.69) is 4.98 Å². The van der Waals surface area contributed by atoms with Crippen molar-refractivity contribution in [2.45, 2.75) is 12.6 Å². The van der Waals surface area contributed by atoms with Crippen molar-refractivity contribution >= 4 is 5.69 Å². The van der Waals surface area contributed by atoms with E-state index in [4.69, 9.17) is 0 Å². The first kappa shape index (κ1) is 16.7. The number of nitro groups is 1. The van der Waals surface area contributed by atoms with Gasteiger partial charge in [0.2, 0.25) is 0 Å². The van der Waals surface area contributed by atoms with E-state index in [9.17, 15) is 24.0 Å². The number of imidazole rings is 1. The lowest BCUT2D eigenvalue weighted by molar-refractivity contribution is -0.384. The molecule has 0 fully saturated rings. The molecular weight excluding hydrogens is 332 g/mol. The normalized spacial score (nSPS) is 12.1. The van der Waals surface area contributed by atoms with Crippen LogP contribution in [0, 0.1) is 21.7 Å². The van der Waals surface area contributed by atoms with Gasteiger partial charge in [0.15, 0.2) is 0 Å². The monoisotopic (exact) mass is 345 g/mol. The van der Waals surface area contributed by atoms with Crippen LogP contribution in [0.5, 0.6) is 0 Å². The molecule has 25 heavy (non-hydrogen) atoms. The molecule has 0 aliphatic heterocycles. The molecule has 0 bridgehead atoms. The Kier molecular flexibility index (Phi) is 4.53. The van der Waals surface area contributed by atoms with Crippen molar-refractivity contribution in [2.75, 3.05) is 0 Å². The van der Waals surface area contributed by atoms with Crippen LogP contribution in [0.2, 0.25) is 0 Å². The Labute approximate surface area is 141 Å². The molecule has 0 saturated carbocycles. The van der Waals surface area contributed by atoms with Crippen LogP contribution in [-0.2, 0) is 6.54 Å². The largest absolute Gasteiger partial charge is 0.386 e. The second kappa shape index (κ2) is 6.78. The van der Waals surface area contributed by atoms with Crippen molar-refractivity contribution < 1.29 is 18.8 Å². The number of aliphatic hydroxyl groups is 1. The van der Waals surface area contributed by atoms with E-state index < -0.39 is 22.7 Å². The highest BCUT2D eigenvalue weighted by Gasteiger charge is 2.17. The molecule has 1 N–H and O–H groups in total. The van der Waals surface area contributed by atoms with Gasteiger partial charge < -0.3 is 9.67 Å². The predicted molar refractivity (Wildman–Crippen MR) is 85.6 cm³/mol. The molecule has 0 spiro atoms. The molecule has 2 aromatic carbocycles. The van der Waals surface area contributed by atoms with Gasteiger partial charge in [0.05, 0.1) is 17.6 Å². The lowest BCUT2D eigenvalue weighted by atomic mass is 10.1. The van der Waals surface area contributed by atoms with Crippen LogP contribution < -0.4 is 0 Å². The van der Waals surface area contributed by atoms with E-state index in [1.165, 1.54) is 29.0 Å². The molecule has 1 atom stereocenters. The molecule has 0 saturated heterocycles. The van der Waals surface area contributed by atoms with Crippen LogP contribution in [0.25, 0.3) is 11.4 Å². The third kappa shape index (κ3) is 3.53. The molecule has 1 aromatic heterocycles. The minimum Gasteiger partial charge on any atom is -0.386 e. The molecule has 8 heteroatoms. The second-order valence-corrected chi connectivity index (χ2v) is 5.39. The summed E-state index contributed by atoms with van der Waals surface area (Å²) in [6.07, 6.45) is 1.71. The van der Waals surface area contributed by atoms with Gasteiger partial charge in [0, 0.05) is 35.7 Å². The molecule has 0 aliphatic carbocycles. The molecule has 3 rings (SSSR count). The van der Waals surface area contributed by atoms with Crippen molar-refractivity contribution in [1.29, 1.82) is 0 Å². The summed E-state index contributed by atoms with van der Waals surface area (Å²) < 4.78 is 28.6. The highest BCUT2D eigenvalue weighted by atomic mass is 19.1. The third-order valence-corrected chi connectivity index (χ3v) is 3.72. The van der Waals surface area contributed by atoms with E-state index in [0.29, 0.717) is 11.4 Å². The fourth-order valence-corrected chi connectivity index (χ4v) is 2.53. The summed E-state index contributed by atoms with van der Waals surface area (Å²) in [4.78, 5) is 14.5. The van der Waals surface area contributed by atoms with Gasteiger partial charge in [-0.2, -0.15) is 0 Å². The van der Waals surface area contributed by atoms with Crippen LogP contribution in [0.3, 0.4) is 0 Å². The highest BCUT2D eigenvalue weighted by molar-refractivity contribution is 5.59. The van der Waals surface area contributed by atoms with Crippen LogP contribution in [0.4, 0.5) is 14.5 Å².